The van der Waals surface area contributed by atoms with Crippen LogP contribution in [-0.4, -0.2) is 119 Å². The molecule has 2 atom stereocenters. The van der Waals surface area contributed by atoms with E-state index in [1.807, 2.05) is 0 Å². The van der Waals surface area contributed by atoms with Crippen molar-refractivity contribution in [1.29, 1.82) is 0 Å². The predicted molar refractivity (Wildman–Crippen MR) is 178 cm³/mol. The molecule has 0 saturated heterocycles. The van der Waals surface area contributed by atoms with E-state index in [4.69, 9.17) is 24.1 Å². The molecule has 2 bridgehead atoms. The number of halogens is 2. The number of rotatable bonds is 12. The highest BCUT2D eigenvalue weighted by atomic mass is 31.2. The first kappa shape index (κ1) is 40.7. The smallest absolute Gasteiger partial charge is 0.451 e. The van der Waals surface area contributed by atoms with E-state index >= 15 is 0 Å². The molecule has 2 aliphatic rings. The minimum Gasteiger partial charge on any atom is -0.451 e. The number of amides is 4. The van der Waals surface area contributed by atoms with Crippen molar-refractivity contribution in [1.82, 2.24) is 24.6 Å². The number of hydrogen-bond donors (Lipinski definition) is 3. The summed E-state index contributed by atoms with van der Waals surface area (Å²) >= 11 is 0. The second-order valence-corrected chi connectivity index (χ2v) is 13.4. The van der Waals surface area contributed by atoms with Gasteiger partial charge in [0, 0.05) is 77.0 Å². The molecule has 4 amide bonds. The van der Waals surface area contributed by atoms with E-state index in [-0.39, 0.29) is 50.0 Å². The normalized spacial score (nSPS) is 18.1. The lowest BCUT2D eigenvalue weighted by Gasteiger charge is -2.40. The van der Waals surface area contributed by atoms with Crippen LogP contribution in [0.1, 0.15) is 59.1 Å². The fourth-order valence-corrected chi connectivity index (χ4v) is 5.50. The maximum atomic E-state index is 14.3. The minimum absolute atomic E-state index is 0.0544. The van der Waals surface area contributed by atoms with Crippen molar-refractivity contribution in [3.63, 3.8) is 0 Å². The molecule has 2 aromatic rings. The summed E-state index contributed by atoms with van der Waals surface area (Å²) in [6, 6.07) is 1.88. The molecule has 0 aliphatic carbocycles. The zero-order valence-corrected chi connectivity index (χ0v) is 30.0. The summed E-state index contributed by atoms with van der Waals surface area (Å²) in [4.78, 5) is 92.3. The third-order valence-corrected chi connectivity index (χ3v) is 8.69. The second kappa shape index (κ2) is 17.6. The molecular weight excluding hydrogens is 733 g/mol. The van der Waals surface area contributed by atoms with Crippen LogP contribution in [0.2, 0.25) is 0 Å². The third-order valence-electron chi connectivity index (χ3n) is 8.25. The number of phosphoric acid groups is 1. The Morgan fingerprint density at radius 3 is 2.40 bits per heavy atom. The van der Waals surface area contributed by atoms with Gasteiger partial charge < -0.3 is 53.4 Å². The minimum atomic E-state index is -4.86. The molecule has 22 heteroatoms. The molecule has 1 aromatic heterocycles. The summed E-state index contributed by atoms with van der Waals surface area (Å²) in [5, 5.41) is 6.55. The van der Waals surface area contributed by atoms with Crippen molar-refractivity contribution in [3.05, 3.63) is 63.1 Å². The van der Waals surface area contributed by atoms with E-state index in [9.17, 15) is 37.3 Å². The zero-order valence-electron chi connectivity index (χ0n) is 29.2. The van der Waals surface area contributed by atoms with Crippen molar-refractivity contribution >= 4 is 37.5 Å². The Kier molecular flexibility index (Phi) is 13.5. The number of ether oxygens (including phenoxy) is 3. The highest BCUT2D eigenvalue weighted by Gasteiger charge is 2.39. The first-order valence-corrected chi connectivity index (χ1v) is 17.6. The summed E-state index contributed by atoms with van der Waals surface area (Å²) in [5.41, 5.74) is -1.20. The highest BCUT2D eigenvalue weighted by Crippen LogP contribution is 2.35. The molecule has 19 nitrogen and oxygen atoms in total. The summed E-state index contributed by atoms with van der Waals surface area (Å²) in [7, 11) is -2.26. The van der Waals surface area contributed by atoms with Crippen LogP contribution in [0.4, 0.5) is 18.4 Å². The van der Waals surface area contributed by atoms with Crippen LogP contribution in [-0.2, 0) is 29.9 Å². The number of carbonyl (C=O) groups excluding carboxylic acids is 4. The fraction of sp³-hybridized carbons (Fsp3) is 0.484. The van der Waals surface area contributed by atoms with Gasteiger partial charge in [-0.05, 0) is 19.9 Å². The fourth-order valence-electron chi connectivity index (χ4n) is 5.31. The number of phosphoric ester groups is 1. The molecule has 2 aliphatic heterocycles. The molecule has 1 aromatic carbocycles. The number of nitrogens with zero attached hydrogens (tertiary/aromatic N) is 5. The van der Waals surface area contributed by atoms with Gasteiger partial charge in [-0.25, -0.2) is 27.5 Å². The average Bonchev–Trinajstić information content (AvgIpc) is 3.09. The number of pyridine rings is 1. The van der Waals surface area contributed by atoms with E-state index in [1.165, 1.54) is 24.9 Å². The van der Waals surface area contributed by atoms with Gasteiger partial charge in [0.25, 0.3) is 11.8 Å². The SMILES string of the molecule is C/C1=N/OCC[C@H](C)N2C[C@H](C1)n1cc(C(=O)NCc3ccc(F)cc3F)c(=O)c(OCOC(=O)N(C)CCN(C)C(=O)OCOP(=O)(O)O)c1C2=O. The third kappa shape index (κ3) is 10.7. The molecule has 0 saturated carbocycles. The highest BCUT2D eigenvalue weighted by molar-refractivity contribution is 7.46. The van der Waals surface area contributed by atoms with E-state index in [0.717, 1.165) is 21.9 Å². The molecule has 3 N–H and O–H groups in total. The lowest BCUT2D eigenvalue weighted by molar-refractivity contribution is 0.0195. The van der Waals surface area contributed by atoms with Gasteiger partial charge in [0.1, 0.15) is 23.8 Å². The van der Waals surface area contributed by atoms with Crippen molar-refractivity contribution in [3.8, 4) is 5.75 Å². The van der Waals surface area contributed by atoms with Gasteiger partial charge in [-0.3, -0.25) is 14.4 Å². The Balaban J connectivity index is 1.55. The molecular formula is C31H39F2N6O13P. The number of benzene rings is 1. The van der Waals surface area contributed by atoms with Crippen LogP contribution >= 0.6 is 7.82 Å². The maximum absolute atomic E-state index is 14.3. The van der Waals surface area contributed by atoms with Crippen LogP contribution in [0.3, 0.4) is 0 Å². The Bertz CT molecular complexity index is 1850. The number of oxime groups is 1. The second-order valence-electron chi connectivity index (χ2n) is 12.2. The molecule has 290 valence electrons. The largest absolute Gasteiger partial charge is 0.472 e. The average molecular weight is 773 g/mol. The zero-order chi connectivity index (χ0) is 39.0. The molecule has 3 heterocycles. The Hall–Kier alpha value is -5.11. The molecule has 0 spiro atoms. The molecule has 4 rings (SSSR count). The first-order valence-electron chi connectivity index (χ1n) is 16.0. The van der Waals surface area contributed by atoms with Gasteiger partial charge in [-0.2, -0.15) is 0 Å². The van der Waals surface area contributed by atoms with Gasteiger partial charge in [0.05, 0.1) is 11.8 Å². The number of hydrogen-bond acceptors (Lipinski definition) is 12. The Morgan fingerprint density at radius 2 is 1.75 bits per heavy atom. The standard InChI is InChI=1S/C31H39F2N6O13P/c1-18-11-22-14-38(19(2)7-10-51-35-18)29(42)25-27(26(40)23(15-39(22)25)28(41)34-13-20-5-6-21(32)12-24(20)33)48-16-49-30(43)36(3)8-9-37(4)31(44)50-17-52-53(45,46)47/h5-6,12,15,19,22H,7-11,13-14,16-17H2,1-4H3,(H,34,41)(H2,45,46,47)/b35-18-/t19-,22-/m0/s1. The van der Waals surface area contributed by atoms with E-state index in [1.54, 1.807) is 18.7 Å². The molecule has 0 unspecified atom stereocenters. The lowest BCUT2D eigenvalue weighted by Crippen LogP contribution is -2.50. The van der Waals surface area contributed by atoms with Crippen molar-refractivity contribution < 1.29 is 65.9 Å². The topological polar surface area (TPSA) is 228 Å². The Labute approximate surface area is 301 Å². The van der Waals surface area contributed by atoms with Gasteiger partial charge in [0.2, 0.25) is 24.8 Å². The van der Waals surface area contributed by atoms with Crippen LogP contribution in [0.5, 0.6) is 5.75 Å². The van der Waals surface area contributed by atoms with E-state index in [2.05, 4.69) is 19.7 Å². The van der Waals surface area contributed by atoms with Crippen molar-refractivity contribution in [2.24, 2.45) is 5.16 Å². The summed E-state index contributed by atoms with van der Waals surface area (Å²) < 4.78 is 59.3. The van der Waals surface area contributed by atoms with Crippen LogP contribution in [0.15, 0.2) is 34.3 Å². The number of carbonyl (C=O) groups is 4. The molecule has 0 fully saturated rings. The molecule has 0 radical (unpaired) electrons. The van der Waals surface area contributed by atoms with Crippen molar-refractivity contribution in [2.45, 2.75) is 45.3 Å². The first-order chi connectivity index (χ1) is 25.0. The number of aromatic nitrogens is 1. The quantitative estimate of drug-likeness (QED) is 0.208. The van der Waals surface area contributed by atoms with Crippen LogP contribution in [0, 0.1) is 11.6 Å². The van der Waals surface area contributed by atoms with E-state index < -0.39 is 86.4 Å². The molecule has 53 heavy (non-hydrogen) atoms. The lowest BCUT2D eigenvalue weighted by atomic mass is 10.0. The monoisotopic (exact) mass is 772 g/mol. The summed E-state index contributed by atoms with van der Waals surface area (Å²) in [6.07, 6.45) is -0.133. The summed E-state index contributed by atoms with van der Waals surface area (Å²) in [5.74, 6) is -3.87. The van der Waals surface area contributed by atoms with Crippen LogP contribution in [0.25, 0.3) is 0 Å². The Morgan fingerprint density at radius 1 is 1.09 bits per heavy atom. The van der Waals surface area contributed by atoms with Crippen molar-refractivity contribution in [2.75, 3.05) is 53.9 Å². The van der Waals surface area contributed by atoms with Gasteiger partial charge >= 0.3 is 20.0 Å². The number of nitrogens with one attached hydrogen (secondary N) is 1. The maximum Gasteiger partial charge on any atom is 0.472 e. The van der Waals surface area contributed by atoms with Gasteiger partial charge in [-0.1, -0.05) is 11.2 Å². The number of likely N-dealkylation sites (N-methyl/N-ethyl adjacent to an activating group) is 2. The van der Waals surface area contributed by atoms with Crippen LogP contribution < -0.4 is 15.5 Å². The van der Waals surface area contributed by atoms with Gasteiger partial charge in [0.15, 0.2) is 5.69 Å². The predicted octanol–water partition coefficient (Wildman–Crippen LogP) is 2.17. The van der Waals surface area contributed by atoms with Gasteiger partial charge in [-0.15, -0.1) is 0 Å². The van der Waals surface area contributed by atoms with E-state index in [0.29, 0.717) is 18.2 Å². The number of fused-ring (bicyclic) bond motifs is 4. The summed E-state index contributed by atoms with van der Waals surface area (Å²) in [6.45, 7) is 1.37.